The Kier molecular flexibility index (Phi) is 4.65. The average molecular weight is 275 g/mol. The first-order valence-corrected chi connectivity index (χ1v) is 7.78. The Balaban J connectivity index is 1.48. The predicted octanol–water partition coefficient (Wildman–Crippen LogP) is 1.94. The van der Waals surface area contributed by atoms with E-state index < -0.39 is 0 Å². The summed E-state index contributed by atoms with van der Waals surface area (Å²) in [5.74, 6) is 0. The maximum atomic E-state index is 5.68. The lowest BCUT2D eigenvalue weighted by Crippen LogP contribution is -2.28. The third-order valence-electron chi connectivity index (χ3n) is 3.98. The van der Waals surface area contributed by atoms with Gasteiger partial charge in [-0.05, 0) is 44.9 Å². The van der Waals surface area contributed by atoms with Crippen LogP contribution < -0.4 is 5.32 Å². The summed E-state index contributed by atoms with van der Waals surface area (Å²) in [6.07, 6.45) is 5.47. The van der Waals surface area contributed by atoms with Gasteiger partial charge in [-0.2, -0.15) is 0 Å². The van der Waals surface area contributed by atoms with Crippen molar-refractivity contribution in [2.75, 3.05) is 20.2 Å². The van der Waals surface area contributed by atoms with E-state index in [2.05, 4.69) is 35.5 Å². The van der Waals surface area contributed by atoms with Gasteiger partial charge in [-0.25, -0.2) is 0 Å². The topological polar surface area (TPSA) is 37.4 Å². The lowest BCUT2D eigenvalue weighted by molar-refractivity contribution is 0.0790. The Hall–Kier alpha value is -0.970. The molecule has 1 saturated carbocycles. The van der Waals surface area contributed by atoms with Gasteiger partial charge in [0, 0.05) is 32.3 Å². The van der Waals surface area contributed by atoms with Crippen molar-refractivity contribution in [3.05, 3.63) is 29.6 Å². The van der Waals surface area contributed by atoms with Gasteiger partial charge in [0.2, 0.25) is 0 Å². The molecule has 0 radical (unpaired) electrons. The fourth-order valence-electron chi connectivity index (χ4n) is 2.73. The zero-order chi connectivity index (χ0) is 13.8. The highest BCUT2D eigenvalue weighted by atomic mass is 16.5. The van der Waals surface area contributed by atoms with Crippen LogP contribution in [0.3, 0.4) is 0 Å². The first kappa shape index (κ1) is 14.0. The molecule has 0 spiro atoms. The Morgan fingerprint density at radius 1 is 1.30 bits per heavy atom. The van der Waals surface area contributed by atoms with Crippen molar-refractivity contribution in [1.29, 1.82) is 0 Å². The van der Waals surface area contributed by atoms with E-state index in [-0.39, 0.29) is 0 Å². The number of likely N-dealkylation sites (N-methyl/N-ethyl adjacent to an activating group) is 1. The number of nitrogens with zero attached hydrogens (tertiary/aromatic N) is 2. The standard InChI is InChI=1S/C16H25N3O/c1-19(12-16-6-3-9-20-16)11-15-5-2-4-14(18-15)10-17-13-7-8-13/h2,4-5,13,16-17H,3,6-12H2,1H3. The Labute approximate surface area is 121 Å². The second kappa shape index (κ2) is 6.66. The second-order valence-corrected chi connectivity index (χ2v) is 6.11. The van der Waals surface area contributed by atoms with Crippen molar-refractivity contribution >= 4 is 0 Å². The van der Waals surface area contributed by atoms with E-state index in [1.165, 1.54) is 25.7 Å². The SMILES string of the molecule is CN(Cc1cccc(CNC2CC2)n1)CC1CCCO1. The van der Waals surface area contributed by atoms with Gasteiger partial charge in [-0.1, -0.05) is 6.07 Å². The molecule has 4 nitrogen and oxygen atoms in total. The number of aromatic nitrogens is 1. The van der Waals surface area contributed by atoms with Crippen LogP contribution in [0.1, 0.15) is 37.1 Å². The molecular formula is C16H25N3O. The zero-order valence-corrected chi connectivity index (χ0v) is 12.3. The summed E-state index contributed by atoms with van der Waals surface area (Å²) < 4.78 is 5.68. The van der Waals surface area contributed by atoms with Crippen molar-refractivity contribution in [2.24, 2.45) is 0 Å². The van der Waals surface area contributed by atoms with Crippen LogP contribution in [0.15, 0.2) is 18.2 Å². The normalized spacial score (nSPS) is 22.6. The van der Waals surface area contributed by atoms with Gasteiger partial charge < -0.3 is 10.1 Å². The van der Waals surface area contributed by atoms with Crippen LogP contribution in [0.25, 0.3) is 0 Å². The molecule has 0 aromatic carbocycles. The summed E-state index contributed by atoms with van der Waals surface area (Å²) >= 11 is 0. The van der Waals surface area contributed by atoms with Gasteiger partial charge in [0.05, 0.1) is 17.5 Å². The van der Waals surface area contributed by atoms with E-state index in [1.54, 1.807) is 0 Å². The third kappa shape index (κ3) is 4.27. The van der Waals surface area contributed by atoms with Crippen molar-refractivity contribution in [2.45, 2.75) is 50.9 Å². The van der Waals surface area contributed by atoms with Gasteiger partial charge in [-0.15, -0.1) is 0 Å². The molecule has 1 N–H and O–H groups in total. The first-order valence-electron chi connectivity index (χ1n) is 7.78. The third-order valence-corrected chi connectivity index (χ3v) is 3.98. The largest absolute Gasteiger partial charge is 0.377 e. The van der Waals surface area contributed by atoms with E-state index in [0.717, 1.165) is 43.7 Å². The molecule has 0 amide bonds. The zero-order valence-electron chi connectivity index (χ0n) is 12.3. The molecule has 1 atom stereocenters. The molecule has 1 unspecified atom stereocenters. The number of pyridine rings is 1. The van der Waals surface area contributed by atoms with Crippen LogP contribution in [-0.4, -0.2) is 42.2 Å². The summed E-state index contributed by atoms with van der Waals surface area (Å²) in [6.45, 7) is 3.73. The highest BCUT2D eigenvalue weighted by Crippen LogP contribution is 2.19. The van der Waals surface area contributed by atoms with E-state index in [0.29, 0.717) is 6.10 Å². The molecule has 2 heterocycles. The van der Waals surface area contributed by atoms with Crippen molar-refractivity contribution in [1.82, 2.24) is 15.2 Å². The van der Waals surface area contributed by atoms with Gasteiger partial charge in [0.15, 0.2) is 0 Å². The van der Waals surface area contributed by atoms with E-state index in [4.69, 9.17) is 9.72 Å². The highest BCUT2D eigenvalue weighted by Gasteiger charge is 2.20. The lowest BCUT2D eigenvalue weighted by Gasteiger charge is -2.20. The fraction of sp³-hybridized carbons (Fsp3) is 0.688. The summed E-state index contributed by atoms with van der Waals surface area (Å²) in [4.78, 5) is 7.06. The van der Waals surface area contributed by atoms with Crippen LogP contribution in [0.5, 0.6) is 0 Å². The fourth-order valence-corrected chi connectivity index (χ4v) is 2.73. The predicted molar refractivity (Wildman–Crippen MR) is 79.4 cm³/mol. The van der Waals surface area contributed by atoms with Crippen LogP contribution in [-0.2, 0) is 17.8 Å². The molecule has 2 aliphatic rings. The molecule has 110 valence electrons. The second-order valence-electron chi connectivity index (χ2n) is 6.11. The monoisotopic (exact) mass is 275 g/mol. The molecule has 20 heavy (non-hydrogen) atoms. The van der Waals surface area contributed by atoms with Gasteiger partial charge in [0.25, 0.3) is 0 Å². The average Bonchev–Trinajstić information content (AvgIpc) is 3.14. The molecule has 4 heteroatoms. The molecule has 1 aromatic heterocycles. The smallest absolute Gasteiger partial charge is 0.0702 e. The van der Waals surface area contributed by atoms with Crippen molar-refractivity contribution in [3.8, 4) is 0 Å². The molecule has 1 aromatic rings. The summed E-state index contributed by atoms with van der Waals surface area (Å²) in [5, 5.41) is 3.52. The quantitative estimate of drug-likeness (QED) is 0.825. The molecular weight excluding hydrogens is 250 g/mol. The van der Waals surface area contributed by atoms with Gasteiger partial charge >= 0.3 is 0 Å². The van der Waals surface area contributed by atoms with Gasteiger partial charge in [-0.3, -0.25) is 9.88 Å². The first-order chi connectivity index (χ1) is 9.79. The number of rotatable bonds is 7. The van der Waals surface area contributed by atoms with Crippen molar-refractivity contribution < 1.29 is 4.74 Å². The minimum absolute atomic E-state index is 0.416. The van der Waals surface area contributed by atoms with E-state index in [9.17, 15) is 0 Å². The minimum atomic E-state index is 0.416. The van der Waals surface area contributed by atoms with E-state index >= 15 is 0 Å². The maximum absolute atomic E-state index is 5.68. The van der Waals surface area contributed by atoms with Crippen LogP contribution in [0.4, 0.5) is 0 Å². The highest BCUT2D eigenvalue weighted by molar-refractivity contribution is 5.11. The molecule has 1 saturated heterocycles. The number of hydrogen-bond donors (Lipinski definition) is 1. The molecule has 2 fully saturated rings. The molecule has 3 rings (SSSR count). The van der Waals surface area contributed by atoms with Crippen LogP contribution in [0.2, 0.25) is 0 Å². The Bertz CT molecular complexity index is 427. The van der Waals surface area contributed by atoms with E-state index in [1.807, 2.05) is 0 Å². The molecule has 1 aliphatic carbocycles. The van der Waals surface area contributed by atoms with Gasteiger partial charge in [0.1, 0.15) is 0 Å². The number of hydrogen-bond acceptors (Lipinski definition) is 4. The summed E-state index contributed by atoms with van der Waals surface area (Å²) in [5.41, 5.74) is 2.31. The number of nitrogens with one attached hydrogen (secondary N) is 1. The number of ether oxygens (including phenoxy) is 1. The lowest BCUT2D eigenvalue weighted by atomic mass is 10.2. The Morgan fingerprint density at radius 3 is 2.90 bits per heavy atom. The molecule has 1 aliphatic heterocycles. The summed E-state index contributed by atoms with van der Waals surface area (Å²) in [6, 6.07) is 7.08. The minimum Gasteiger partial charge on any atom is -0.377 e. The molecule has 0 bridgehead atoms. The van der Waals surface area contributed by atoms with Crippen LogP contribution in [0, 0.1) is 0 Å². The van der Waals surface area contributed by atoms with Crippen molar-refractivity contribution in [3.63, 3.8) is 0 Å². The summed E-state index contributed by atoms with van der Waals surface area (Å²) in [7, 11) is 2.15. The Morgan fingerprint density at radius 2 is 2.15 bits per heavy atom. The van der Waals surface area contributed by atoms with Crippen LogP contribution >= 0.6 is 0 Å². The maximum Gasteiger partial charge on any atom is 0.0702 e.